The van der Waals surface area contributed by atoms with E-state index < -0.39 is 12.1 Å². The second-order valence-corrected chi connectivity index (χ2v) is 6.08. The molecule has 1 aliphatic heterocycles. The van der Waals surface area contributed by atoms with E-state index in [2.05, 4.69) is 10.1 Å². The molecule has 1 heterocycles. The third kappa shape index (κ3) is 3.32. The largest absolute Gasteiger partial charge is 0.480 e. The fourth-order valence-corrected chi connectivity index (χ4v) is 2.80. The minimum Gasteiger partial charge on any atom is -0.480 e. The van der Waals surface area contributed by atoms with Crippen molar-refractivity contribution in [3.63, 3.8) is 0 Å². The highest BCUT2D eigenvalue weighted by Crippen LogP contribution is 2.32. The van der Waals surface area contributed by atoms with E-state index >= 15 is 0 Å². The van der Waals surface area contributed by atoms with Crippen LogP contribution in [-0.2, 0) is 16.0 Å². The normalized spacial score (nSPS) is 15.4. The molecule has 24 heavy (non-hydrogen) atoms. The molecule has 0 fully saturated rings. The van der Waals surface area contributed by atoms with Crippen LogP contribution < -0.4 is 10.1 Å². The molecule has 7 heteroatoms. The Morgan fingerprint density at radius 1 is 1.21 bits per heavy atom. The average molecular weight is 366 g/mol. The lowest BCUT2D eigenvalue weighted by molar-refractivity contribution is -0.122. The highest BCUT2D eigenvalue weighted by molar-refractivity contribution is 6.34. The van der Waals surface area contributed by atoms with Gasteiger partial charge in [0.25, 0.3) is 5.91 Å². The molecule has 1 amide bonds. The fraction of sp³-hybridized carbons (Fsp3) is 0.176. The second kappa shape index (κ2) is 6.71. The van der Waals surface area contributed by atoms with Crippen molar-refractivity contribution in [3.8, 4) is 5.75 Å². The predicted molar refractivity (Wildman–Crippen MR) is 91.0 cm³/mol. The first-order valence-electron chi connectivity index (χ1n) is 7.11. The number of benzene rings is 2. The molecule has 0 unspecified atom stereocenters. The quantitative estimate of drug-likeness (QED) is 0.841. The highest BCUT2D eigenvalue weighted by atomic mass is 35.5. The van der Waals surface area contributed by atoms with E-state index in [1.54, 1.807) is 18.2 Å². The summed E-state index contributed by atoms with van der Waals surface area (Å²) in [6.07, 6.45) is -0.271. The van der Waals surface area contributed by atoms with Gasteiger partial charge < -0.3 is 14.8 Å². The number of amides is 1. The molecule has 0 aromatic heterocycles. The summed E-state index contributed by atoms with van der Waals surface area (Å²) in [5.41, 5.74) is 1.49. The molecular formula is C17H13Cl2NO4. The van der Waals surface area contributed by atoms with Gasteiger partial charge in [-0.05, 0) is 42.0 Å². The zero-order valence-corrected chi connectivity index (χ0v) is 14.1. The van der Waals surface area contributed by atoms with E-state index in [1.807, 2.05) is 0 Å². The molecule has 1 aliphatic rings. The smallest absolute Gasteiger partial charge is 0.337 e. The first-order chi connectivity index (χ1) is 11.5. The van der Waals surface area contributed by atoms with Crippen LogP contribution in [0, 0.1) is 0 Å². The number of hydrogen-bond acceptors (Lipinski definition) is 4. The van der Waals surface area contributed by atoms with Crippen LogP contribution in [0.4, 0.5) is 5.69 Å². The zero-order valence-electron chi connectivity index (χ0n) is 12.6. The lowest BCUT2D eigenvalue weighted by atomic mass is 10.1. The molecule has 0 bridgehead atoms. The summed E-state index contributed by atoms with van der Waals surface area (Å²) < 4.78 is 10.3. The molecule has 5 nitrogen and oxygen atoms in total. The molecule has 124 valence electrons. The summed E-state index contributed by atoms with van der Waals surface area (Å²) in [5, 5.41) is 3.59. The maximum absolute atomic E-state index is 12.4. The number of anilines is 1. The van der Waals surface area contributed by atoms with Gasteiger partial charge in [-0.3, -0.25) is 4.79 Å². The van der Waals surface area contributed by atoms with Crippen LogP contribution >= 0.6 is 23.2 Å². The summed E-state index contributed by atoms with van der Waals surface area (Å²) in [6.45, 7) is 0. The molecule has 0 spiro atoms. The molecule has 3 rings (SSSR count). The number of carbonyl (C=O) groups is 2. The van der Waals surface area contributed by atoms with Gasteiger partial charge in [0.2, 0.25) is 0 Å². The molecule has 0 saturated carbocycles. The molecule has 0 saturated heterocycles. The lowest BCUT2D eigenvalue weighted by Gasteiger charge is -2.13. The zero-order chi connectivity index (χ0) is 17.3. The Hall–Kier alpha value is -2.24. The van der Waals surface area contributed by atoms with Crippen molar-refractivity contribution in [2.24, 2.45) is 0 Å². The van der Waals surface area contributed by atoms with E-state index in [4.69, 9.17) is 27.9 Å². The lowest BCUT2D eigenvalue weighted by Crippen LogP contribution is -2.31. The van der Waals surface area contributed by atoms with Crippen LogP contribution in [0.25, 0.3) is 0 Å². The van der Waals surface area contributed by atoms with Crippen molar-refractivity contribution in [1.82, 2.24) is 0 Å². The average Bonchev–Trinajstić information content (AvgIpc) is 2.99. The van der Waals surface area contributed by atoms with Gasteiger partial charge in [-0.1, -0.05) is 23.2 Å². The third-order valence-corrected chi connectivity index (χ3v) is 4.20. The standard InChI is InChI=1S/C17H13Cl2NO4/c1-23-17(22)9-2-4-12(19)13(7-9)20-16(21)15-8-10-6-11(18)3-5-14(10)24-15/h2-7,15H,8H2,1H3,(H,20,21)/t15-/m1/s1. The van der Waals surface area contributed by atoms with Gasteiger partial charge in [-0.25, -0.2) is 4.79 Å². The van der Waals surface area contributed by atoms with Gasteiger partial charge >= 0.3 is 5.97 Å². The Kier molecular flexibility index (Phi) is 4.64. The van der Waals surface area contributed by atoms with Crippen LogP contribution in [0.15, 0.2) is 36.4 Å². The summed E-state index contributed by atoms with van der Waals surface area (Å²) in [6, 6.07) is 9.72. The van der Waals surface area contributed by atoms with Crippen molar-refractivity contribution >= 4 is 40.8 Å². The van der Waals surface area contributed by atoms with Gasteiger partial charge in [0.05, 0.1) is 23.4 Å². The first-order valence-corrected chi connectivity index (χ1v) is 7.87. The van der Waals surface area contributed by atoms with Gasteiger partial charge in [-0.2, -0.15) is 0 Å². The van der Waals surface area contributed by atoms with Gasteiger partial charge in [-0.15, -0.1) is 0 Å². The Labute approximate surface area is 148 Å². The number of ether oxygens (including phenoxy) is 2. The van der Waals surface area contributed by atoms with Crippen molar-refractivity contribution < 1.29 is 19.1 Å². The van der Waals surface area contributed by atoms with Gasteiger partial charge in [0, 0.05) is 11.4 Å². The van der Waals surface area contributed by atoms with Gasteiger partial charge in [0.15, 0.2) is 6.10 Å². The van der Waals surface area contributed by atoms with Crippen LogP contribution in [0.3, 0.4) is 0 Å². The molecule has 2 aromatic carbocycles. The number of halogens is 2. The van der Waals surface area contributed by atoms with Crippen molar-refractivity contribution in [2.75, 3.05) is 12.4 Å². The number of carbonyl (C=O) groups excluding carboxylic acids is 2. The highest BCUT2D eigenvalue weighted by Gasteiger charge is 2.29. The first kappa shape index (κ1) is 16.6. The molecule has 0 radical (unpaired) electrons. The van der Waals surface area contributed by atoms with Crippen LogP contribution in [-0.4, -0.2) is 25.1 Å². The van der Waals surface area contributed by atoms with Gasteiger partial charge in [0.1, 0.15) is 5.75 Å². The van der Waals surface area contributed by atoms with E-state index in [0.29, 0.717) is 33.5 Å². The van der Waals surface area contributed by atoms with E-state index in [1.165, 1.54) is 25.3 Å². The van der Waals surface area contributed by atoms with Crippen LogP contribution in [0.2, 0.25) is 10.0 Å². The summed E-state index contributed by atoms with van der Waals surface area (Å²) in [7, 11) is 1.28. The molecule has 1 N–H and O–H groups in total. The van der Waals surface area contributed by atoms with Crippen LogP contribution in [0.5, 0.6) is 5.75 Å². The fourth-order valence-electron chi connectivity index (χ4n) is 2.44. The van der Waals surface area contributed by atoms with E-state index in [0.717, 1.165) is 5.56 Å². The topological polar surface area (TPSA) is 64.6 Å². The summed E-state index contributed by atoms with van der Waals surface area (Å²) >= 11 is 12.0. The second-order valence-electron chi connectivity index (χ2n) is 5.24. The van der Waals surface area contributed by atoms with E-state index in [-0.39, 0.29) is 5.91 Å². The van der Waals surface area contributed by atoms with Crippen molar-refractivity contribution in [1.29, 1.82) is 0 Å². The van der Waals surface area contributed by atoms with Crippen molar-refractivity contribution in [3.05, 3.63) is 57.6 Å². The molecule has 1 atom stereocenters. The third-order valence-electron chi connectivity index (χ3n) is 3.63. The maximum Gasteiger partial charge on any atom is 0.337 e. The number of methoxy groups -OCH3 is 1. The minimum atomic E-state index is -0.684. The SMILES string of the molecule is COC(=O)c1ccc(Cl)c(NC(=O)[C@H]2Cc3cc(Cl)ccc3O2)c1. The number of nitrogens with one attached hydrogen (secondary N) is 1. The number of esters is 1. The summed E-state index contributed by atoms with van der Waals surface area (Å²) in [5.74, 6) is -0.235. The molecule has 0 aliphatic carbocycles. The Balaban J connectivity index is 1.75. The minimum absolute atomic E-state index is 0.291. The Bertz CT molecular complexity index is 822. The van der Waals surface area contributed by atoms with E-state index in [9.17, 15) is 9.59 Å². The Morgan fingerprint density at radius 3 is 2.75 bits per heavy atom. The Morgan fingerprint density at radius 2 is 2.00 bits per heavy atom. The van der Waals surface area contributed by atoms with Crippen LogP contribution in [0.1, 0.15) is 15.9 Å². The molecular weight excluding hydrogens is 353 g/mol. The number of fused-ring (bicyclic) bond motifs is 1. The maximum atomic E-state index is 12.4. The summed E-state index contributed by atoms with van der Waals surface area (Å²) in [4.78, 5) is 24.0. The molecule has 2 aromatic rings. The number of rotatable bonds is 3. The predicted octanol–water partition coefficient (Wildman–Crippen LogP) is 3.72. The van der Waals surface area contributed by atoms with Crippen molar-refractivity contribution in [2.45, 2.75) is 12.5 Å². The monoisotopic (exact) mass is 365 g/mol. The number of hydrogen-bond donors (Lipinski definition) is 1.